The highest BCUT2D eigenvalue weighted by molar-refractivity contribution is 6.14. The van der Waals surface area contributed by atoms with E-state index in [9.17, 15) is 14.4 Å². The van der Waals surface area contributed by atoms with Crippen molar-refractivity contribution in [3.05, 3.63) is 64.7 Å². The molecule has 1 aliphatic heterocycles. The minimum atomic E-state index is -0.371. The number of ether oxygens (including phenoxy) is 1. The molecule has 1 N–H and O–H groups in total. The third-order valence-electron chi connectivity index (χ3n) is 4.35. The molecule has 3 rings (SSSR count). The lowest BCUT2D eigenvalue weighted by molar-refractivity contribution is 0.0716. The molecule has 26 heavy (non-hydrogen) atoms. The summed E-state index contributed by atoms with van der Waals surface area (Å²) in [7, 11) is 1.59. The van der Waals surface area contributed by atoms with Gasteiger partial charge in [-0.25, -0.2) is 0 Å². The second kappa shape index (κ2) is 7.49. The molecule has 0 aliphatic carbocycles. The zero-order valence-electron chi connectivity index (χ0n) is 14.7. The van der Waals surface area contributed by atoms with E-state index in [0.717, 1.165) is 5.56 Å². The predicted molar refractivity (Wildman–Crippen MR) is 97.5 cm³/mol. The summed E-state index contributed by atoms with van der Waals surface area (Å²) in [6.07, 6.45) is 0. The molecule has 0 spiro atoms. The van der Waals surface area contributed by atoms with E-state index in [1.165, 1.54) is 6.92 Å². The predicted octanol–water partition coefficient (Wildman–Crippen LogP) is 2.74. The van der Waals surface area contributed by atoms with Crippen LogP contribution in [0.5, 0.6) is 0 Å². The van der Waals surface area contributed by atoms with Crippen molar-refractivity contribution >= 4 is 23.3 Å². The van der Waals surface area contributed by atoms with Crippen molar-refractivity contribution in [1.29, 1.82) is 0 Å². The molecule has 134 valence electrons. The van der Waals surface area contributed by atoms with Crippen LogP contribution in [0.25, 0.3) is 0 Å². The van der Waals surface area contributed by atoms with Gasteiger partial charge in [-0.3, -0.25) is 14.4 Å². The highest BCUT2D eigenvalue weighted by Crippen LogP contribution is 2.26. The van der Waals surface area contributed by atoms with Gasteiger partial charge < -0.3 is 15.0 Å². The van der Waals surface area contributed by atoms with Crippen molar-refractivity contribution in [3.63, 3.8) is 0 Å². The quantitative estimate of drug-likeness (QED) is 0.811. The van der Waals surface area contributed by atoms with E-state index in [2.05, 4.69) is 5.32 Å². The zero-order valence-corrected chi connectivity index (χ0v) is 14.7. The SMILES string of the molecule is COCCN1Cc2cccc(C(=O)Nc3cccc(C(C)=O)c3)c2C1=O. The van der Waals surface area contributed by atoms with Crippen LogP contribution in [0.3, 0.4) is 0 Å². The number of benzene rings is 2. The topological polar surface area (TPSA) is 75.7 Å². The lowest BCUT2D eigenvalue weighted by Crippen LogP contribution is -2.28. The standard InChI is InChI=1S/C20H20N2O4/c1-13(23)14-5-3-7-16(11-14)21-19(24)17-8-4-6-15-12-22(9-10-26-2)20(25)18(15)17/h3-8,11H,9-10,12H2,1-2H3,(H,21,24). The van der Waals surface area contributed by atoms with Crippen LogP contribution in [0.2, 0.25) is 0 Å². The number of methoxy groups -OCH3 is 1. The molecule has 2 aromatic carbocycles. The molecule has 0 saturated heterocycles. The first-order chi connectivity index (χ1) is 12.5. The Morgan fingerprint density at radius 2 is 1.96 bits per heavy atom. The van der Waals surface area contributed by atoms with Crippen LogP contribution in [0, 0.1) is 0 Å². The van der Waals surface area contributed by atoms with Gasteiger partial charge in [0.05, 0.1) is 17.7 Å². The minimum absolute atomic E-state index is 0.0781. The van der Waals surface area contributed by atoms with Crippen molar-refractivity contribution in [2.45, 2.75) is 13.5 Å². The van der Waals surface area contributed by atoms with Crippen LogP contribution < -0.4 is 5.32 Å². The average Bonchev–Trinajstić information content (AvgIpc) is 2.96. The van der Waals surface area contributed by atoms with Gasteiger partial charge in [-0.2, -0.15) is 0 Å². The van der Waals surface area contributed by atoms with Crippen LogP contribution in [0.15, 0.2) is 42.5 Å². The van der Waals surface area contributed by atoms with Gasteiger partial charge in [-0.05, 0) is 30.7 Å². The molecule has 0 unspecified atom stereocenters. The molecular weight excluding hydrogens is 332 g/mol. The van der Waals surface area contributed by atoms with Gasteiger partial charge in [0.1, 0.15) is 0 Å². The van der Waals surface area contributed by atoms with E-state index >= 15 is 0 Å². The number of Topliss-reactive ketones (excluding diaryl/α,β-unsaturated/α-hetero) is 1. The first-order valence-electron chi connectivity index (χ1n) is 8.33. The number of anilines is 1. The minimum Gasteiger partial charge on any atom is -0.383 e. The number of amides is 2. The van der Waals surface area contributed by atoms with Crippen molar-refractivity contribution in [1.82, 2.24) is 4.90 Å². The third kappa shape index (κ3) is 3.50. The molecule has 0 bridgehead atoms. The van der Waals surface area contributed by atoms with E-state index in [-0.39, 0.29) is 17.6 Å². The summed E-state index contributed by atoms with van der Waals surface area (Å²) >= 11 is 0. The summed E-state index contributed by atoms with van der Waals surface area (Å²) < 4.78 is 5.04. The van der Waals surface area contributed by atoms with Crippen LogP contribution in [0.1, 0.15) is 43.6 Å². The number of carbonyl (C=O) groups excluding carboxylic acids is 3. The smallest absolute Gasteiger partial charge is 0.256 e. The Balaban J connectivity index is 1.84. The second-order valence-corrected chi connectivity index (χ2v) is 6.15. The number of hydrogen-bond donors (Lipinski definition) is 1. The van der Waals surface area contributed by atoms with Crippen LogP contribution in [-0.2, 0) is 11.3 Å². The summed E-state index contributed by atoms with van der Waals surface area (Å²) in [5.74, 6) is -0.615. The van der Waals surface area contributed by atoms with Crippen molar-refractivity contribution in [2.24, 2.45) is 0 Å². The first kappa shape index (κ1) is 17.8. The van der Waals surface area contributed by atoms with E-state index in [1.807, 2.05) is 6.07 Å². The number of rotatable bonds is 6. The molecule has 0 saturated carbocycles. The maximum absolute atomic E-state index is 12.7. The summed E-state index contributed by atoms with van der Waals surface area (Å²) in [6.45, 7) is 2.86. The van der Waals surface area contributed by atoms with Crippen molar-refractivity contribution in [2.75, 3.05) is 25.6 Å². The Morgan fingerprint density at radius 1 is 1.19 bits per heavy atom. The Kier molecular flexibility index (Phi) is 5.14. The fourth-order valence-electron chi connectivity index (χ4n) is 3.01. The molecule has 1 aliphatic rings. The number of ketones is 1. The number of hydrogen-bond acceptors (Lipinski definition) is 4. The molecule has 2 aromatic rings. The summed E-state index contributed by atoms with van der Waals surface area (Å²) in [4.78, 5) is 38.6. The van der Waals surface area contributed by atoms with Gasteiger partial charge in [0.25, 0.3) is 11.8 Å². The maximum atomic E-state index is 12.7. The lowest BCUT2D eigenvalue weighted by atomic mass is 10.0. The highest BCUT2D eigenvalue weighted by Gasteiger charge is 2.31. The fourth-order valence-corrected chi connectivity index (χ4v) is 3.01. The molecule has 1 heterocycles. The van der Waals surface area contributed by atoms with Gasteiger partial charge in [0.15, 0.2) is 5.78 Å². The Hall–Kier alpha value is -2.99. The van der Waals surface area contributed by atoms with Gasteiger partial charge in [-0.1, -0.05) is 24.3 Å². The third-order valence-corrected chi connectivity index (χ3v) is 4.35. The molecule has 6 nitrogen and oxygen atoms in total. The van der Waals surface area contributed by atoms with E-state index in [0.29, 0.717) is 42.1 Å². The molecule has 6 heteroatoms. The van der Waals surface area contributed by atoms with Crippen LogP contribution >= 0.6 is 0 Å². The zero-order chi connectivity index (χ0) is 18.7. The van der Waals surface area contributed by atoms with Gasteiger partial charge in [0.2, 0.25) is 0 Å². The van der Waals surface area contributed by atoms with Crippen molar-refractivity contribution in [3.8, 4) is 0 Å². The van der Waals surface area contributed by atoms with E-state index in [1.54, 1.807) is 48.4 Å². The lowest BCUT2D eigenvalue weighted by Gasteiger charge is -2.14. The fraction of sp³-hybridized carbons (Fsp3) is 0.250. The van der Waals surface area contributed by atoms with Crippen LogP contribution in [-0.4, -0.2) is 42.8 Å². The van der Waals surface area contributed by atoms with Gasteiger partial charge in [-0.15, -0.1) is 0 Å². The largest absolute Gasteiger partial charge is 0.383 e. The second-order valence-electron chi connectivity index (χ2n) is 6.15. The molecule has 0 fully saturated rings. The molecular formula is C20H20N2O4. The highest BCUT2D eigenvalue weighted by atomic mass is 16.5. The first-order valence-corrected chi connectivity index (χ1v) is 8.33. The monoisotopic (exact) mass is 352 g/mol. The molecule has 0 aromatic heterocycles. The Morgan fingerprint density at radius 3 is 2.69 bits per heavy atom. The molecule has 0 radical (unpaired) electrons. The van der Waals surface area contributed by atoms with Crippen LogP contribution in [0.4, 0.5) is 5.69 Å². The summed E-state index contributed by atoms with van der Waals surface area (Å²) in [6, 6.07) is 12.0. The molecule has 0 atom stereocenters. The number of fused-ring (bicyclic) bond motifs is 1. The number of nitrogens with zero attached hydrogens (tertiary/aromatic N) is 1. The van der Waals surface area contributed by atoms with E-state index < -0.39 is 0 Å². The molecule has 2 amide bonds. The summed E-state index contributed by atoms with van der Waals surface area (Å²) in [5.41, 5.74) is 2.63. The Labute approximate surface area is 151 Å². The van der Waals surface area contributed by atoms with Crippen molar-refractivity contribution < 1.29 is 19.1 Å². The summed E-state index contributed by atoms with van der Waals surface area (Å²) in [5, 5.41) is 2.78. The average molecular weight is 352 g/mol. The maximum Gasteiger partial charge on any atom is 0.256 e. The number of nitrogens with one attached hydrogen (secondary N) is 1. The van der Waals surface area contributed by atoms with Gasteiger partial charge >= 0.3 is 0 Å². The normalized spacial score (nSPS) is 12.8. The van der Waals surface area contributed by atoms with E-state index in [4.69, 9.17) is 4.74 Å². The Bertz CT molecular complexity index is 876. The van der Waals surface area contributed by atoms with Gasteiger partial charge in [0, 0.05) is 31.5 Å². The number of carbonyl (C=O) groups is 3.